The van der Waals surface area contributed by atoms with E-state index in [-0.39, 0.29) is 23.6 Å². The number of rotatable bonds is 3. The van der Waals surface area contributed by atoms with Crippen LogP contribution in [0, 0.1) is 13.8 Å². The first-order valence-corrected chi connectivity index (χ1v) is 7.38. The van der Waals surface area contributed by atoms with Crippen LogP contribution in [0.1, 0.15) is 11.1 Å². The molecule has 0 aliphatic rings. The highest BCUT2D eigenvalue weighted by molar-refractivity contribution is 5.92. The Kier molecular flexibility index (Phi) is 3.80. The number of imidazole rings is 1. The lowest BCUT2D eigenvalue weighted by molar-refractivity contribution is -0.116. The van der Waals surface area contributed by atoms with E-state index in [0.717, 1.165) is 16.8 Å². The lowest BCUT2D eigenvalue weighted by Gasteiger charge is -2.11. The first kappa shape index (κ1) is 15.7. The summed E-state index contributed by atoms with van der Waals surface area (Å²) >= 11 is 0. The number of fused-ring (bicyclic) bond motifs is 1. The van der Waals surface area contributed by atoms with Gasteiger partial charge < -0.3 is 9.88 Å². The Morgan fingerprint density at radius 2 is 2.04 bits per heavy atom. The topological polar surface area (TPSA) is 102 Å². The van der Waals surface area contributed by atoms with E-state index in [1.807, 2.05) is 32.0 Å². The van der Waals surface area contributed by atoms with Crippen molar-refractivity contribution in [2.45, 2.75) is 20.4 Å². The van der Waals surface area contributed by atoms with Crippen LogP contribution in [0.3, 0.4) is 0 Å². The molecule has 0 spiro atoms. The number of aromatic nitrogens is 4. The van der Waals surface area contributed by atoms with Crippen LogP contribution < -0.4 is 16.6 Å². The molecule has 24 heavy (non-hydrogen) atoms. The molecule has 2 aromatic heterocycles. The van der Waals surface area contributed by atoms with Gasteiger partial charge in [0.05, 0.1) is 6.33 Å². The molecule has 2 N–H and O–H groups in total. The number of benzene rings is 1. The van der Waals surface area contributed by atoms with Gasteiger partial charge in [0.1, 0.15) is 6.54 Å². The minimum absolute atomic E-state index is 0.0782. The van der Waals surface area contributed by atoms with Gasteiger partial charge in [0, 0.05) is 12.7 Å². The van der Waals surface area contributed by atoms with Crippen molar-refractivity contribution in [3.05, 3.63) is 56.5 Å². The monoisotopic (exact) mass is 327 g/mol. The number of aromatic amines is 1. The average Bonchev–Trinajstić information content (AvgIpc) is 2.94. The molecule has 3 rings (SSSR count). The Balaban J connectivity index is 1.92. The Morgan fingerprint density at radius 3 is 2.79 bits per heavy atom. The maximum absolute atomic E-state index is 12.3. The second kappa shape index (κ2) is 5.80. The van der Waals surface area contributed by atoms with E-state index in [1.165, 1.54) is 22.5 Å². The first-order valence-electron chi connectivity index (χ1n) is 7.38. The predicted octanol–water partition coefficient (Wildman–Crippen LogP) is 0.679. The van der Waals surface area contributed by atoms with Crippen molar-refractivity contribution in [2.75, 3.05) is 5.32 Å². The average molecular weight is 327 g/mol. The number of carbonyl (C=O) groups excluding carboxylic acids is 1. The van der Waals surface area contributed by atoms with Crippen LogP contribution in [-0.2, 0) is 18.4 Å². The van der Waals surface area contributed by atoms with E-state index in [2.05, 4.69) is 15.3 Å². The van der Waals surface area contributed by atoms with Crippen LogP contribution in [0.15, 0.2) is 34.1 Å². The molecule has 3 aromatic rings. The van der Waals surface area contributed by atoms with Gasteiger partial charge in [-0.25, -0.2) is 9.78 Å². The number of anilines is 1. The molecule has 0 radical (unpaired) electrons. The quantitative estimate of drug-likeness (QED) is 0.738. The standard InChI is InChI=1S/C16H17N5O3/c1-9-5-4-6-11(10(9)2)18-12(22)7-21-8-17-14-13(21)15(23)19-16(24)20(14)3/h4-6,8H,7H2,1-3H3,(H,18,22)(H,19,23,24). The highest BCUT2D eigenvalue weighted by atomic mass is 16.2. The fraction of sp³-hybridized carbons (Fsp3) is 0.250. The van der Waals surface area contributed by atoms with Crippen LogP contribution >= 0.6 is 0 Å². The highest BCUT2D eigenvalue weighted by Crippen LogP contribution is 2.18. The fourth-order valence-corrected chi connectivity index (χ4v) is 2.54. The SMILES string of the molecule is Cc1cccc(NC(=O)Cn2cnc3c2c(=O)[nH]c(=O)n3C)c1C. The summed E-state index contributed by atoms with van der Waals surface area (Å²) in [6.45, 7) is 3.82. The molecular formula is C16H17N5O3. The van der Waals surface area contributed by atoms with Crippen LogP contribution in [0.5, 0.6) is 0 Å². The first-order chi connectivity index (χ1) is 11.4. The summed E-state index contributed by atoms with van der Waals surface area (Å²) in [5.74, 6) is -0.281. The molecule has 8 nitrogen and oxygen atoms in total. The zero-order chi connectivity index (χ0) is 17.4. The number of nitrogens with zero attached hydrogens (tertiary/aromatic N) is 3. The van der Waals surface area contributed by atoms with Crippen molar-refractivity contribution in [2.24, 2.45) is 7.05 Å². The van der Waals surface area contributed by atoms with E-state index in [0.29, 0.717) is 0 Å². The number of nitrogens with one attached hydrogen (secondary N) is 2. The van der Waals surface area contributed by atoms with Gasteiger partial charge >= 0.3 is 5.69 Å². The lowest BCUT2D eigenvalue weighted by Crippen LogP contribution is -2.30. The van der Waals surface area contributed by atoms with Crippen molar-refractivity contribution in [3.8, 4) is 0 Å². The molecule has 1 amide bonds. The van der Waals surface area contributed by atoms with Gasteiger partial charge in [-0.2, -0.15) is 0 Å². The van der Waals surface area contributed by atoms with Gasteiger partial charge in [0.15, 0.2) is 11.2 Å². The maximum atomic E-state index is 12.3. The number of amides is 1. The van der Waals surface area contributed by atoms with Gasteiger partial charge in [0.25, 0.3) is 5.56 Å². The second-order valence-corrected chi connectivity index (χ2v) is 5.66. The smallest absolute Gasteiger partial charge is 0.324 e. The van der Waals surface area contributed by atoms with E-state index >= 15 is 0 Å². The fourth-order valence-electron chi connectivity index (χ4n) is 2.54. The van der Waals surface area contributed by atoms with Gasteiger partial charge in [0.2, 0.25) is 5.91 Å². The summed E-state index contributed by atoms with van der Waals surface area (Å²) in [4.78, 5) is 42.2. The summed E-state index contributed by atoms with van der Waals surface area (Å²) in [6, 6.07) is 5.65. The van der Waals surface area contributed by atoms with Crippen molar-refractivity contribution < 1.29 is 4.79 Å². The molecule has 2 heterocycles. The Hall–Kier alpha value is -3.16. The minimum Gasteiger partial charge on any atom is -0.324 e. The number of aryl methyl sites for hydroxylation is 2. The lowest BCUT2D eigenvalue weighted by atomic mass is 10.1. The van der Waals surface area contributed by atoms with Gasteiger partial charge in [-0.3, -0.25) is 19.1 Å². The van der Waals surface area contributed by atoms with E-state index in [1.54, 1.807) is 0 Å². The number of carbonyl (C=O) groups is 1. The van der Waals surface area contributed by atoms with Crippen molar-refractivity contribution >= 4 is 22.8 Å². The number of hydrogen-bond acceptors (Lipinski definition) is 4. The van der Waals surface area contributed by atoms with Crippen LogP contribution in [0.2, 0.25) is 0 Å². The zero-order valence-corrected chi connectivity index (χ0v) is 13.6. The van der Waals surface area contributed by atoms with Gasteiger partial charge in [-0.1, -0.05) is 12.1 Å². The summed E-state index contributed by atoms with van der Waals surface area (Å²) in [7, 11) is 1.51. The van der Waals surface area contributed by atoms with Crippen molar-refractivity contribution in [1.29, 1.82) is 0 Å². The van der Waals surface area contributed by atoms with Crippen molar-refractivity contribution in [3.63, 3.8) is 0 Å². The summed E-state index contributed by atoms with van der Waals surface area (Å²) in [6.07, 6.45) is 1.38. The molecule has 0 atom stereocenters. The molecule has 8 heteroatoms. The Bertz CT molecular complexity index is 1060. The van der Waals surface area contributed by atoms with E-state index in [9.17, 15) is 14.4 Å². The summed E-state index contributed by atoms with van der Waals surface area (Å²) < 4.78 is 2.66. The number of hydrogen-bond donors (Lipinski definition) is 2. The van der Waals surface area contributed by atoms with Gasteiger partial charge in [-0.05, 0) is 31.0 Å². The molecule has 0 aliphatic heterocycles. The van der Waals surface area contributed by atoms with E-state index < -0.39 is 11.2 Å². The van der Waals surface area contributed by atoms with Crippen LogP contribution in [0.25, 0.3) is 11.2 Å². The van der Waals surface area contributed by atoms with E-state index in [4.69, 9.17) is 0 Å². The normalized spacial score (nSPS) is 11.0. The third-order valence-electron chi connectivity index (χ3n) is 4.07. The Morgan fingerprint density at radius 1 is 1.29 bits per heavy atom. The molecule has 0 aliphatic carbocycles. The molecular weight excluding hydrogens is 310 g/mol. The largest absolute Gasteiger partial charge is 0.329 e. The highest BCUT2D eigenvalue weighted by Gasteiger charge is 2.14. The number of H-pyrrole nitrogens is 1. The molecule has 0 fully saturated rings. The maximum Gasteiger partial charge on any atom is 0.329 e. The minimum atomic E-state index is -0.565. The molecule has 0 bridgehead atoms. The molecule has 1 aromatic carbocycles. The summed E-state index contributed by atoms with van der Waals surface area (Å²) in [5.41, 5.74) is 2.11. The van der Waals surface area contributed by atoms with Gasteiger partial charge in [-0.15, -0.1) is 0 Å². The molecule has 0 saturated carbocycles. The third-order valence-corrected chi connectivity index (χ3v) is 4.07. The second-order valence-electron chi connectivity index (χ2n) is 5.66. The third kappa shape index (κ3) is 2.62. The van der Waals surface area contributed by atoms with Crippen molar-refractivity contribution in [1.82, 2.24) is 19.1 Å². The van der Waals surface area contributed by atoms with Crippen LogP contribution in [-0.4, -0.2) is 25.0 Å². The molecule has 0 saturated heterocycles. The van der Waals surface area contributed by atoms with Crippen LogP contribution in [0.4, 0.5) is 5.69 Å². The summed E-state index contributed by atoms with van der Waals surface area (Å²) in [5, 5.41) is 2.83. The zero-order valence-electron chi connectivity index (χ0n) is 13.6. The predicted molar refractivity (Wildman–Crippen MR) is 90.1 cm³/mol. The Labute approximate surface area is 136 Å². The molecule has 0 unspecified atom stereocenters. The molecule has 124 valence electrons.